The number of carbonyl (C=O) groups excluding carboxylic acids is 1. The summed E-state index contributed by atoms with van der Waals surface area (Å²) in [6.45, 7) is 7.59. The molecule has 0 unspecified atom stereocenters. The maximum atomic E-state index is 12.0. The Morgan fingerprint density at radius 2 is 2.09 bits per heavy atom. The predicted molar refractivity (Wildman–Crippen MR) is 89.9 cm³/mol. The van der Waals surface area contributed by atoms with Gasteiger partial charge in [0, 0.05) is 40.9 Å². The number of hydrogen-bond donors (Lipinski definition) is 1. The number of esters is 1. The molecule has 0 radical (unpaired) electrons. The molecule has 0 amide bonds. The molecular formula is C17H23BrN2O3. The van der Waals surface area contributed by atoms with Crippen LogP contribution in [0.2, 0.25) is 0 Å². The maximum absolute atomic E-state index is 12.0. The second kappa shape index (κ2) is 5.83. The summed E-state index contributed by atoms with van der Waals surface area (Å²) in [5.74, 6) is -0.324. The first kappa shape index (κ1) is 16.9. The number of ether oxygens (including phenoxy) is 2. The molecule has 5 nitrogen and oxygen atoms in total. The number of hydrogen-bond acceptors (Lipinski definition) is 5. The van der Waals surface area contributed by atoms with Gasteiger partial charge in [0.2, 0.25) is 0 Å². The number of aromatic nitrogens is 1. The minimum absolute atomic E-state index is 0.0322. The van der Waals surface area contributed by atoms with E-state index in [0.29, 0.717) is 5.41 Å². The number of rotatable bonds is 4. The van der Waals surface area contributed by atoms with Crippen LogP contribution in [0.25, 0.3) is 0 Å². The summed E-state index contributed by atoms with van der Waals surface area (Å²) in [4.78, 5) is 16.1. The minimum atomic E-state index is -0.496. The molecule has 1 N–H and O–H groups in total. The molecule has 2 aliphatic rings. The molecule has 2 heterocycles. The van der Waals surface area contributed by atoms with Crippen molar-refractivity contribution in [2.45, 2.75) is 44.8 Å². The number of pyridine rings is 1. The summed E-state index contributed by atoms with van der Waals surface area (Å²) in [5, 5.41) is 3.33. The van der Waals surface area contributed by atoms with E-state index in [1.165, 1.54) is 0 Å². The second-order valence-corrected chi connectivity index (χ2v) is 8.54. The fraction of sp³-hybridized carbons (Fsp3) is 0.647. The molecule has 6 heteroatoms. The van der Waals surface area contributed by atoms with Crippen LogP contribution >= 0.6 is 15.9 Å². The summed E-state index contributed by atoms with van der Waals surface area (Å²) in [5.41, 5.74) is 0.453. The quantitative estimate of drug-likeness (QED) is 0.811. The van der Waals surface area contributed by atoms with Gasteiger partial charge in [-0.2, -0.15) is 0 Å². The third kappa shape index (κ3) is 3.44. The normalized spacial score (nSPS) is 21.4. The largest absolute Gasteiger partial charge is 0.458 e. The monoisotopic (exact) mass is 382 g/mol. The number of nitrogens with zero attached hydrogens (tertiary/aromatic N) is 1. The molecule has 1 aromatic rings. The zero-order valence-electron chi connectivity index (χ0n) is 13.8. The van der Waals surface area contributed by atoms with E-state index in [4.69, 9.17) is 9.47 Å². The molecule has 126 valence electrons. The average Bonchev–Trinajstić information content (AvgIpc) is 2.35. The fourth-order valence-electron chi connectivity index (χ4n) is 3.57. The third-order valence-corrected chi connectivity index (χ3v) is 5.10. The molecule has 0 bridgehead atoms. The van der Waals surface area contributed by atoms with Gasteiger partial charge in [0.15, 0.2) is 0 Å². The van der Waals surface area contributed by atoms with E-state index >= 15 is 0 Å². The Bertz CT molecular complexity index is 600. The van der Waals surface area contributed by atoms with Crippen molar-refractivity contribution in [2.75, 3.05) is 19.7 Å². The Kier molecular flexibility index (Phi) is 4.27. The van der Waals surface area contributed by atoms with E-state index in [2.05, 4.69) is 26.2 Å². The van der Waals surface area contributed by atoms with Gasteiger partial charge < -0.3 is 14.8 Å². The maximum Gasteiger partial charge on any atom is 0.332 e. The van der Waals surface area contributed by atoms with E-state index < -0.39 is 11.2 Å². The third-order valence-electron chi connectivity index (χ3n) is 4.47. The Balaban J connectivity index is 1.73. The van der Waals surface area contributed by atoms with Gasteiger partial charge in [0.1, 0.15) is 12.2 Å². The molecule has 3 rings (SSSR count). The zero-order chi connectivity index (χ0) is 16.7. The molecule has 1 aliphatic heterocycles. The first-order valence-electron chi connectivity index (χ1n) is 7.90. The Labute approximate surface area is 145 Å². The van der Waals surface area contributed by atoms with Crippen LogP contribution in [0.1, 0.15) is 39.2 Å². The first-order chi connectivity index (χ1) is 10.7. The van der Waals surface area contributed by atoms with Gasteiger partial charge in [-0.25, -0.2) is 4.79 Å². The van der Waals surface area contributed by atoms with Gasteiger partial charge in [-0.05, 0) is 55.6 Å². The summed E-state index contributed by atoms with van der Waals surface area (Å²) in [7, 11) is 0. The lowest BCUT2D eigenvalue weighted by Gasteiger charge is -2.60. The van der Waals surface area contributed by atoms with Crippen molar-refractivity contribution in [3.63, 3.8) is 0 Å². The smallest absolute Gasteiger partial charge is 0.332 e. The number of halogens is 1. The minimum Gasteiger partial charge on any atom is -0.458 e. The molecule has 23 heavy (non-hydrogen) atoms. The van der Waals surface area contributed by atoms with Crippen molar-refractivity contribution in [3.05, 3.63) is 28.5 Å². The average molecular weight is 383 g/mol. The standard InChI is InChI=1S/C17H23BrN2O3/c1-15(2,3)23-14(21)7-22-17(8-16(9-17)10-20-11-16)12-4-5-19-6-13(12)18/h4-6,20H,7-11H2,1-3H3. The van der Waals surface area contributed by atoms with Gasteiger partial charge in [-0.15, -0.1) is 0 Å². The van der Waals surface area contributed by atoms with E-state index in [-0.39, 0.29) is 12.6 Å². The van der Waals surface area contributed by atoms with Gasteiger partial charge in [0.05, 0.1) is 5.60 Å². The molecule has 2 fully saturated rings. The highest BCUT2D eigenvalue weighted by atomic mass is 79.9. The molecular weight excluding hydrogens is 360 g/mol. The van der Waals surface area contributed by atoms with E-state index in [1.807, 2.05) is 26.8 Å². The van der Waals surface area contributed by atoms with Gasteiger partial charge in [0.25, 0.3) is 0 Å². The van der Waals surface area contributed by atoms with Crippen LogP contribution in [0, 0.1) is 5.41 Å². The van der Waals surface area contributed by atoms with Gasteiger partial charge >= 0.3 is 5.97 Å². The molecule has 0 aromatic carbocycles. The lowest BCUT2D eigenvalue weighted by Crippen LogP contribution is -2.66. The Hall–Kier alpha value is -0.980. The summed E-state index contributed by atoms with van der Waals surface area (Å²) < 4.78 is 12.4. The van der Waals surface area contributed by atoms with Crippen molar-refractivity contribution < 1.29 is 14.3 Å². The highest BCUT2D eigenvalue weighted by Gasteiger charge is 2.59. The highest BCUT2D eigenvalue weighted by Crippen LogP contribution is 2.59. The predicted octanol–water partition coefficient (Wildman–Crippen LogP) is 2.78. The van der Waals surface area contributed by atoms with Crippen LogP contribution in [0.4, 0.5) is 0 Å². The van der Waals surface area contributed by atoms with Crippen LogP contribution < -0.4 is 5.32 Å². The van der Waals surface area contributed by atoms with E-state index in [1.54, 1.807) is 12.4 Å². The number of carbonyl (C=O) groups is 1. The SMILES string of the molecule is CC(C)(C)OC(=O)COC1(c2ccncc2Br)CC2(CNC2)C1. The van der Waals surface area contributed by atoms with Crippen molar-refractivity contribution in [1.82, 2.24) is 10.3 Å². The van der Waals surface area contributed by atoms with Crippen molar-refractivity contribution >= 4 is 21.9 Å². The molecule has 1 aromatic heterocycles. The second-order valence-electron chi connectivity index (χ2n) is 7.68. The van der Waals surface area contributed by atoms with Crippen LogP contribution in [0.5, 0.6) is 0 Å². The number of nitrogens with one attached hydrogen (secondary N) is 1. The van der Waals surface area contributed by atoms with Gasteiger partial charge in [-0.3, -0.25) is 4.98 Å². The fourth-order valence-corrected chi connectivity index (χ4v) is 4.18. The zero-order valence-corrected chi connectivity index (χ0v) is 15.4. The molecule has 1 saturated heterocycles. The van der Waals surface area contributed by atoms with Crippen molar-refractivity contribution in [1.29, 1.82) is 0 Å². The molecule has 1 spiro atoms. The Morgan fingerprint density at radius 3 is 2.61 bits per heavy atom. The molecule has 0 atom stereocenters. The lowest BCUT2D eigenvalue weighted by atomic mass is 9.54. The van der Waals surface area contributed by atoms with Crippen LogP contribution in [0.15, 0.2) is 22.9 Å². The first-order valence-corrected chi connectivity index (χ1v) is 8.70. The summed E-state index contributed by atoms with van der Waals surface area (Å²) in [6, 6.07) is 1.97. The van der Waals surface area contributed by atoms with Crippen molar-refractivity contribution in [3.8, 4) is 0 Å². The van der Waals surface area contributed by atoms with Crippen molar-refractivity contribution in [2.24, 2.45) is 5.41 Å². The van der Waals surface area contributed by atoms with E-state index in [9.17, 15) is 4.79 Å². The summed E-state index contributed by atoms with van der Waals surface area (Å²) >= 11 is 3.57. The van der Waals surface area contributed by atoms with Gasteiger partial charge in [-0.1, -0.05) is 0 Å². The molecule has 1 aliphatic carbocycles. The van der Waals surface area contributed by atoms with Crippen LogP contribution in [0.3, 0.4) is 0 Å². The highest BCUT2D eigenvalue weighted by molar-refractivity contribution is 9.10. The van der Waals surface area contributed by atoms with Crippen LogP contribution in [-0.2, 0) is 19.9 Å². The topological polar surface area (TPSA) is 60.5 Å². The van der Waals surface area contributed by atoms with Crippen LogP contribution in [-0.4, -0.2) is 36.3 Å². The summed E-state index contributed by atoms with van der Waals surface area (Å²) in [6.07, 6.45) is 5.37. The Morgan fingerprint density at radius 1 is 1.39 bits per heavy atom. The lowest BCUT2D eigenvalue weighted by molar-refractivity contribution is -0.206. The molecule has 1 saturated carbocycles. The van der Waals surface area contributed by atoms with E-state index in [0.717, 1.165) is 36.0 Å².